The highest BCUT2D eigenvalue weighted by Gasteiger charge is 2.33. The van der Waals surface area contributed by atoms with Gasteiger partial charge < -0.3 is 81.1 Å². The zero-order valence-electron chi connectivity index (χ0n) is 57.6. The summed E-state index contributed by atoms with van der Waals surface area (Å²) in [6.07, 6.45) is 0.444. The maximum absolute atomic E-state index is 12.9. The minimum atomic E-state index is -0.977. The van der Waals surface area contributed by atoms with E-state index in [-0.39, 0.29) is 35.1 Å². The summed E-state index contributed by atoms with van der Waals surface area (Å²) in [5, 5.41) is 16.4. The van der Waals surface area contributed by atoms with Crippen molar-refractivity contribution in [3.63, 3.8) is 0 Å². The minimum absolute atomic E-state index is 0.00769. The zero-order valence-corrected chi connectivity index (χ0v) is 59.8. The average molecular weight is 1450 g/mol. The molecule has 0 saturated carbocycles. The third-order valence-corrected chi connectivity index (χ3v) is 17.4. The van der Waals surface area contributed by atoms with Crippen molar-refractivity contribution in [3.8, 4) is 11.5 Å². The number of amides is 5. The highest BCUT2D eigenvalue weighted by molar-refractivity contribution is 6.33. The number of carbonyl (C=O) groups is 6. The summed E-state index contributed by atoms with van der Waals surface area (Å²) in [6.45, 7) is 15.2. The van der Waals surface area contributed by atoms with Crippen molar-refractivity contribution in [1.29, 1.82) is 0 Å². The Balaban J connectivity index is 0.000000159. The number of anilines is 7. The lowest BCUT2D eigenvalue weighted by molar-refractivity contribution is 0.0300. The topological polar surface area (TPSA) is 364 Å². The molecule has 0 spiro atoms. The van der Waals surface area contributed by atoms with Crippen molar-refractivity contribution < 1.29 is 57.6 Å². The second-order valence-corrected chi connectivity index (χ2v) is 25.0. The van der Waals surface area contributed by atoms with Crippen LogP contribution in [0.15, 0.2) is 97.1 Å². The van der Waals surface area contributed by atoms with Crippen molar-refractivity contribution in [2.45, 2.75) is 47.2 Å². The van der Waals surface area contributed by atoms with E-state index >= 15 is 0 Å². The van der Waals surface area contributed by atoms with Gasteiger partial charge in [-0.05, 0) is 113 Å². The van der Waals surface area contributed by atoms with Gasteiger partial charge in [-0.2, -0.15) is 0 Å². The molecule has 536 valence electrons. The molecule has 31 heteroatoms. The molecule has 0 bridgehead atoms. The van der Waals surface area contributed by atoms with E-state index in [0.29, 0.717) is 227 Å². The van der Waals surface area contributed by atoms with E-state index in [0.717, 1.165) is 11.4 Å². The summed E-state index contributed by atoms with van der Waals surface area (Å²) in [6, 6.07) is 27.6. The third-order valence-electron chi connectivity index (χ3n) is 16.6. The molecular weight excluding hydrogens is 1380 g/mol. The lowest BCUT2D eigenvalue weighted by Crippen LogP contribution is -2.41. The maximum atomic E-state index is 12.9. The van der Waals surface area contributed by atoms with Crippen molar-refractivity contribution in [2.24, 2.45) is 0 Å². The molecule has 0 unspecified atom stereocenters. The molecule has 5 aliphatic heterocycles. The van der Waals surface area contributed by atoms with Crippen molar-refractivity contribution in [3.05, 3.63) is 191 Å². The van der Waals surface area contributed by atoms with Crippen LogP contribution in [0.3, 0.4) is 0 Å². The molecule has 8 aromatic rings. The molecule has 0 radical (unpaired) electrons. The van der Waals surface area contributed by atoms with E-state index < -0.39 is 5.97 Å². The number of nitrogens with two attached hydrogens (primary N) is 3. The molecule has 3 saturated heterocycles. The Hall–Kier alpha value is -10.5. The number of aromatic carboxylic acids is 1. The summed E-state index contributed by atoms with van der Waals surface area (Å²) in [5.41, 5.74) is 27.4. The van der Waals surface area contributed by atoms with Crippen LogP contribution in [0, 0.1) is 27.7 Å². The fraction of sp³-hybridized carbons (Fsp3) is 0.324. The summed E-state index contributed by atoms with van der Waals surface area (Å²) in [4.78, 5) is 107. The number of nitrogens with zero attached hydrogens (tertiary/aromatic N) is 11. The first-order valence-corrected chi connectivity index (χ1v) is 33.4. The molecule has 5 aliphatic rings. The van der Waals surface area contributed by atoms with Gasteiger partial charge in [0, 0.05) is 71.2 Å². The number of carboxylic acid groups (broad SMARTS) is 1. The molecule has 9 N–H and O–H groups in total. The first-order chi connectivity index (χ1) is 48.8. The van der Waals surface area contributed by atoms with Gasteiger partial charge >= 0.3 is 5.97 Å². The van der Waals surface area contributed by atoms with Crippen molar-refractivity contribution in [2.75, 3.05) is 135 Å². The van der Waals surface area contributed by atoms with Crippen LogP contribution in [0.25, 0.3) is 0 Å². The SMILES string of the molecule is COc1c(Cl)cccc1Nc1cc(Cc2ccc(C(=O)N3CCOCC3)c(C)n2)nc2c1C(=O)N(C)C2.COc1c(Cl)cccc1Nc1cc(Cl)nc2c1C(=O)N(C)C2.Cc1nc(N)ccc1C(=O)N1CCOCC1.Cc1nc(N)ccc1C(=O)N1CCOCC1.Cc1nc(N)ccc1C(=O)O. The van der Waals surface area contributed by atoms with Crippen LogP contribution in [0.1, 0.15) is 108 Å². The fourth-order valence-electron chi connectivity index (χ4n) is 11.5. The number of nitrogen functional groups attached to an aromatic ring is 3. The quantitative estimate of drug-likeness (QED) is 0.0621. The number of aromatic nitrogens is 6. The van der Waals surface area contributed by atoms with Crippen LogP contribution in [0.4, 0.5) is 40.2 Å². The standard InChI is InChI=1S/C27H28ClN5O4.C15H13Cl2N3O2.2C11H15N3O2.C7H8N2O2/c1-16-19(26(34)33-9-11-37-12-10-33)8-7-17(29-16)13-18-14-22(24-23(30-18)15-32(2)27(24)35)31-21-6-4-5-20(28)25(21)36-3;1-20-7-11-13(15(20)21)10(6-12(17)19-11)18-9-5-3-4-8(16)14(9)22-2;2*1-8-9(2-3-10(12)13-8)11(15)14-4-6-16-7-5-14;1-4-5(7(10)11)2-3-6(8)9-4/h4-8,14H,9-13,15H2,1-3H3,(H,30,31);3-6H,7H2,1-2H3,(H,18,19);2*2-3H,4-7H2,1H3,(H2,12,13);2-3H,1H3,(H2,8,9)(H,10,11). The third kappa shape index (κ3) is 18.7. The Morgan fingerprint density at radius 2 is 0.843 bits per heavy atom. The van der Waals surface area contributed by atoms with Crippen LogP contribution in [-0.4, -0.2) is 202 Å². The van der Waals surface area contributed by atoms with E-state index in [4.69, 9.17) is 90.8 Å². The summed E-state index contributed by atoms with van der Waals surface area (Å²) < 4.78 is 26.5. The van der Waals surface area contributed by atoms with Crippen LogP contribution in [-0.2, 0) is 33.7 Å². The number of ether oxygens (including phenoxy) is 5. The number of carbonyl (C=O) groups excluding carboxylic acids is 5. The first-order valence-electron chi connectivity index (χ1n) is 32.3. The van der Waals surface area contributed by atoms with E-state index in [2.05, 4.69) is 30.6 Å². The highest BCUT2D eigenvalue weighted by Crippen LogP contribution is 2.40. The Labute approximate surface area is 604 Å². The van der Waals surface area contributed by atoms with Gasteiger partial charge in [-0.15, -0.1) is 0 Å². The Kier molecular flexibility index (Phi) is 25.8. The normalized spacial score (nSPS) is 14.4. The highest BCUT2D eigenvalue weighted by atomic mass is 35.5. The summed E-state index contributed by atoms with van der Waals surface area (Å²) >= 11 is 18.5. The molecule has 11 heterocycles. The molecule has 5 amide bonds. The van der Waals surface area contributed by atoms with Gasteiger partial charge in [0.05, 0.1) is 167 Å². The molecule has 102 heavy (non-hydrogen) atoms. The number of halogens is 3. The zero-order chi connectivity index (χ0) is 73.5. The first kappa shape index (κ1) is 75.7. The number of pyridine rings is 6. The van der Waals surface area contributed by atoms with E-state index in [9.17, 15) is 28.8 Å². The molecular formula is C71H79Cl3N16O12. The number of para-hydroxylation sites is 2. The van der Waals surface area contributed by atoms with Crippen LogP contribution < -0.4 is 37.3 Å². The fourth-order valence-corrected chi connectivity index (χ4v) is 12.2. The number of rotatable bonds is 12. The second-order valence-electron chi connectivity index (χ2n) is 23.7. The van der Waals surface area contributed by atoms with Crippen LogP contribution >= 0.6 is 34.8 Å². The lowest BCUT2D eigenvalue weighted by atomic mass is 10.1. The number of aryl methyl sites for hydroxylation is 4. The molecule has 0 atom stereocenters. The summed E-state index contributed by atoms with van der Waals surface area (Å²) in [7, 11) is 6.56. The Morgan fingerprint density at radius 1 is 0.480 bits per heavy atom. The van der Waals surface area contributed by atoms with E-state index in [1.165, 1.54) is 19.2 Å². The van der Waals surface area contributed by atoms with Crippen LogP contribution in [0.5, 0.6) is 11.5 Å². The average Bonchev–Trinajstić information content (AvgIpc) is 1.61. The Morgan fingerprint density at radius 3 is 1.22 bits per heavy atom. The number of hydrogen-bond acceptors (Lipinski definition) is 22. The predicted molar refractivity (Wildman–Crippen MR) is 387 cm³/mol. The number of benzene rings is 2. The molecule has 6 aromatic heterocycles. The molecule has 28 nitrogen and oxygen atoms in total. The predicted octanol–water partition coefficient (Wildman–Crippen LogP) is 9.13. The van der Waals surface area contributed by atoms with Gasteiger partial charge in [0.25, 0.3) is 29.5 Å². The molecule has 0 aliphatic carbocycles. The van der Waals surface area contributed by atoms with Crippen molar-refractivity contribution >= 4 is 111 Å². The monoisotopic (exact) mass is 1450 g/mol. The number of carboxylic acids is 1. The van der Waals surface area contributed by atoms with E-state index in [1.54, 1.807) is 115 Å². The van der Waals surface area contributed by atoms with Gasteiger partial charge in [0.15, 0.2) is 11.5 Å². The van der Waals surface area contributed by atoms with Crippen LogP contribution in [0.2, 0.25) is 15.2 Å². The molecule has 13 rings (SSSR count). The Bertz CT molecular complexity index is 4360. The number of methoxy groups -OCH3 is 2. The minimum Gasteiger partial charge on any atom is -0.493 e. The molecule has 2 aromatic carbocycles. The summed E-state index contributed by atoms with van der Waals surface area (Å²) in [5.74, 6) is 1.04. The smallest absolute Gasteiger partial charge is 0.337 e. The van der Waals surface area contributed by atoms with Gasteiger partial charge in [0.2, 0.25) is 0 Å². The second kappa shape index (κ2) is 34.7. The van der Waals surface area contributed by atoms with E-state index in [1.807, 2.05) is 43.3 Å². The maximum Gasteiger partial charge on any atom is 0.337 e. The number of morpholine rings is 3. The van der Waals surface area contributed by atoms with Gasteiger partial charge in [-0.1, -0.05) is 46.9 Å². The van der Waals surface area contributed by atoms with Crippen molar-refractivity contribution in [1.82, 2.24) is 54.4 Å². The van der Waals surface area contributed by atoms with Gasteiger partial charge in [-0.3, -0.25) is 33.9 Å². The van der Waals surface area contributed by atoms with Gasteiger partial charge in [0.1, 0.15) is 22.6 Å². The number of nitrogens with one attached hydrogen (secondary N) is 2. The largest absolute Gasteiger partial charge is 0.493 e. The van der Waals surface area contributed by atoms with Gasteiger partial charge in [-0.25, -0.2) is 24.7 Å². The number of hydrogen-bond donors (Lipinski definition) is 6. The molecule has 3 fully saturated rings. The number of fused-ring (bicyclic) bond motifs is 2. The lowest BCUT2D eigenvalue weighted by Gasteiger charge is -2.27.